The third-order valence-electron chi connectivity index (χ3n) is 4.60. The van der Waals surface area contributed by atoms with E-state index >= 15 is 0 Å². The number of nitrogens with zero attached hydrogens (tertiary/aromatic N) is 1. The maximum absolute atomic E-state index is 6.25. The summed E-state index contributed by atoms with van der Waals surface area (Å²) in [4.78, 5) is 2.37. The molecule has 0 aliphatic heterocycles. The van der Waals surface area contributed by atoms with Crippen molar-refractivity contribution in [3.63, 3.8) is 0 Å². The van der Waals surface area contributed by atoms with Crippen LogP contribution in [0.3, 0.4) is 0 Å². The molecule has 0 saturated heterocycles. The van der Waals surface area contributed by atoms with E-state index in [1.165, 1.54) is 44.1 Å². The van der Waals surface area contributed by atoms with Crippen LogP contribution in [-0.2, 0) is 6.54 Å². The Morgan fingerprint density at radius 2 is 1.95 bits per heavy atom. The third-order valence-corrected chi connectivity index (χ3v) is 4.97. The summed E-state index contributed by atoms with van der Waals surface area (Å²) in [5.41, 5.74) is 7.20. The van der Waals surface area contributed by atoms with Crippen LogP contribution < -0.4 is 5.73 Å². The van der Waals surface area contributed by atoms with Crippen molar-refractivity contribution in [3.05, 3.63) is 34.9 Å². The van der Waals surface area contributed by atoms with Gasteiger partial charge in [-0.1, -0.05) is 61.9 Å². The molecule has 2 nitrogen and oxygen atoms in total. The lowest BCUT2D eigenvalue weighted by atomic mass is 9.84. The zero-order valence-electron chi connectivity index (χ0n) is 12.5. The van der Waals surface area contributed by atoms with E-state index in [2.05, 4.69) is 18.0 Å². The molecule has 20 heavy (non-hydrogen) atoms. The van der Waals surface area contributed by atoms with Crippen molar-refractivity contribution in [2.45, 2.75) is 51.1 Å². The van der Waals surface area contributed by atoms with Gasteiger partial charge in [-0.3, -0.25) is 4.90 Å². The zero-order chi connectivity index (χ0) is 14.4. The van der Waals surface area contributed by atoms with Crippen molar-refractivity contribution in [2.75, 3.05) is 13.6 Å². The molecule has 1 unspecified atom stereocenters. The van der Waals surface area contributed by atoms with Crippen LogP contribution in [0.5, 0.6) is 0 Å². The zero-order valence-corrected chi connectivity index (χ0v) is 13.3. The molecule has 0 heterocycles. The van der Waals surface area contributed by atoms with Gasteiger partial charge in [-0.2, -0.15) is 0 Å². The van der Waals surface area contributed by atoms with E-state index < -0.39 is 0 Å². The summed E-state index contributed by atoms with van der Waals surface area (Å²) in [6.45, 7) is 1.62. The summed E-state index contributed by atoms with van der Waals surface area (Å²) in [6.07, 6.45) is 8.22. The van der Waals surface area contributed by atoms with Crippen LogP contribution in [0, 0.1) is 5.92 Å². The molecule has 2 rings (SSSR count). The Bertz CT molecular complexity index is 402. The van der Waals surface area contributed by atoms with Gasteiger partial charge in [0.25, 0.3) is 0 Å². The Hall–Kier alpha value is -0.570. The average molecular weight is 295 g/mol. The normalized spacial score (nSPS) is 18.4. The first-order valence-electron chi connectivity index (χ1n) is 7.84. The Labute approximate surface area is 128 Å². The summed E-state index contributed by atoms with van der Waals surface area (Å²) < 4.78 is 0. The first-order valence-corrected chi connectivity index (χ1v) is 8.22. The third kappa shape index (κ3) is 4.47. The van der Waals surface area contributed by atoms with Gasteiger partial charge in [0.1, 0.15) is 0 Å². The lowest BCUT2D eigenvalue weighted by Gasteiger charge is -2.32. The van der Waals surface area contributed by atoms with E-state index in [0.717, 1.165) is 24.0 Å². The quantitative estimate of drug-likeness (QED) is 0.857. The predicted octanol–water partition coefficient (Wildman–Crippen LogP) is 4.07. The number of halogens is 1. The highest BCUT2D eigenvalue weighted by atomic mass is 35.5. The molecular weight excluding hydrogens is 268 g/mol. The van der Waals surface area contributed by atoms with Crippen LogP contribution in [0.2, 0.25) is 5.02 Å². The number of rotatable bonds is 6. The molecule has 1 atom stereocenters. The second-order valence-electron chi connectivity index (χ2n) is 6.14. The molecule has 0 amide bonds. The van der Waals surface area contributed by atoms with E-state index in [1.807, 2.05) is 18.2 Å². The molecule has 1 saturated carbocycles. The maximum atomic E-state index is 6.25. The highest BCUT2D eigenvalue weighted by Gasteiger charge is 2.21. The predicted molar refractivity (Wildman–Crippen MR) is 87.0 cm³/mol. The van der Waals surface area contributed by atoms with Crippen molar-refractivity contribution in [2.24, 2.45) is 11.7 Å². The van der Waals surface area contributed by atoms with Gasteiger partial charge < -0.3 is 5.73 Å². The van der Waals surface area contributed by atoms with Crippen molar-refractivity contribution in [3.8, 4) is 0 Å². The summed E-state index contributed by atoms with van der Waals surface area (Å²) in [7, 11) is 2.17. The van der Waals surface area contributed by atoms with Crippen molar-refractivity contribution < 1.29 is 0 Å². The number of nitrogens with two attached hydrogens (primary N) is 1. The fraction of sp³-hybridized carbons (Fsp3) is 0.647. The van der Waals surface area contributed by atoms with Crippen LogP contribution in [0.25, 0.3) is 0 Å². The van der Waals surface area contributed by atoms with Gasteiger partial charge in [0.2, 0.25) is 0 Å². The van der Waals surface area contributed by atoms with Crippen LogP contribution in [0.4, 0.5) is 0 Å². The maximum Gasteiger partial charge on any atom is 0.0451 e. The second-order valence-corrected chi connectivity index (χ2v) is 6.54. The standard InChI is InChI=1S/C17H27ClN2/c1-20(13-15-9-5-6-10-17(15)18)16(12-19)11-14-7-3-2-4-8-14/h5-6,9-10,14,16H,2-4,7-8,11-13,19H2,1H3. The molecule has 0 aromatic heterocycles. The van der Waals surface area contributed by atoms with Gasteiger partial charge in [0.05, 0.1) is 0 Å². The van der Waals surface area contributed by atoms with Crippen molar-refractivity contribution in [1.29, 1.82) is 0 Å². The Morgan fingerprint density at radius 1 is 1.25 bits per heavy atom. The molecule has 0 radical (unpaired) electrons. The molecule has 0 bridgehead atoms. The van der Waals surface area contributed by atoms with E-state index in [9.17, 15) is 0 Å². The molecule has 1 aliphatic carbocycles. The Balaban J connectivity index is 1.91. The number of hydrogen-bond donors (Lipinski definition) is 1. The fourth-order valence-electron chi connectivity index (χ4n) is 3.29. The summed E-state index contributed by atoms with van der Waals surface area (Å²) >= 11 is 6.25. The van der Waals surface area contributed by atoms with Gasteiger partial charge >= 0.3 is 0 Å². The van der Waals surface area contributed by atoms with E-state index in [4.69, 9.17) is 17.3 Å². The summed E-state index contributed by atoms with van der Waals surface area (Å²) in [6, 6.07) is 8.56. The molecule has 2 N–H and O–H groups in total. The molecule has 1 aromatic rings. The van der Waals surface area contributed by atoms with Crippen LogP contribution >= 0.6 is 11.6 Å². The largest absolute Gasteiger partial charge is 0.329 e. The van der Waals surface area contributed by atoms with Crippen LogP contribution in [0.15, 0.2) is 24.3 Å². The minimum Gasteiger partial charge on any atom is -0.329 e. The van der Waals surface area contributed by atoms with E-state index in [1.54, 1.807) is 0 Å². The van der Waals surface area contributed by atoms with Gasteiger partial charge in [-0.25, -0.2) is 0 Å². The molecule has 0 spiro atoms. The number of benzene rings is 1. The van der Waals surface area contributed by atoms with Crippen molar-refractivity contribution >= 4 is 11.6 Å². The minimum absolute atomic E-state index is 0.467. The smallest absolute Gasteiger partial charge is 0.0451 e. The molecule has 1 aromatic carbocycles. The molecule has 1 aliphatic rings. The minimum atomic E-state index is 0.467. The van der Waals surface area contributed by atoms with Crippen molar-refractivity contribution in [1.82, 2.24) is 4.90 Å². The number of likely N-dealkylation sites (N-methyl/N-ethyl adjacent to an activating group) is 1. The highest BCUT2D eigenvalue weighted by molar-refractivity contribution is 6.31. The Morgan fingerprint density at radius 3 is 2.60 bits per heavy atom. The molecular formula is C17H27ClN2. The van der Waals surface area contributed by atoms with Gasteiger partial charge in [-0.15, -0.1) is 0 Å². The summed E-state index contributed by atoms with van der Waals surface area (Å²) in [5.74, 6) is 0.867. The van der Waals surface area contributed by atoms with Gasteiger partial charge in [0, 0.05) is 24.2 Å². The van der Waals surface area contributed by atoms with Gasteiger partial charge in [0.15, 0.2) is 0 Å². The SMILES string of the molecule is CN(Cc1ccccc1Cl)C(CN)CC1CCCCC1. The fourth-order valence-corrected chi connectivity index (χ4v) is 3.48. The Kier molecular flexibility index (Phi) is 6.34. The molecule has 1 fully saturated rings. The lowest BCUT2D eigenvalue weighted by Crippen LogP contribution is -2.39. The number of hydrogen-bond acceptors (Lipinski definition) is 2. The molecule has 3 heteroatoms. The summed E-state index contributed by atoms with van der Waals surface area (Å²) in [5, 5.41) is 0.854. The lowest BCUT2D eigenvalue weighted by molar-refractivity contribution is 0.185. The monoisotopic (exact) mass is 294 g/mol. The average Bonchev–Trinajstić information content (AvgIpc) is 2.48. The van der Waals surface area contributed by atoms with E-state index in [-0.39, 0.29) is 0 Å². The second kappa shape index (κ2) is 8.02. The van der Waals surface area contributed by atoms with Crippen LogP contribution in [-0.4, -0.2) is 24.5 Å². The topological polar surface area (TPSA) is 29.3 Å². The van der Waals surface area contributed by atoms with E-state index in [0.29, 0.717) is 6.04 Å². The molecule has 112 valence electrons. The van der Waals surface area contributed by atoms with Gasteiger partial charge in [-0.05, 0) is 31.0 Å². The first-order chi connectivity index (χ1) is 9.70. The highest BCUT2D eigenvalue weighted by Crippen LogP contribution is 2.28. The first kappa shape index (κ1) is 15.8. The van der Waals surface area contributed by atoms with Crippen LogP contribution in [0.1, 0.15) is 44.1 Å².